The molecule has 0 bridgehead atoms. The normalized spacial score (nSPS) is 11.2. The summed E-state index contributed by atoms with van der Waals surface area (Å²) in [5.74, 6) is 0.554. The number of pyridine rings is 1. The zero-order valence-corrected chi connectivity index (χ0v) is 18.9. The van der Waals surface area contributed by atoms with Gasteiger partial charge in [0.2, 0.25) is 5.82 Å². The van der Waals surface area contributed by atoms with Gasteiger partial charge in [-0.2, -0.15) is 10.2 Å². The highest BCUT2D eigenvalue weighted by atomic mass is 16.5. The fraction of sp³-hybridized carbons (Fsp3) is 0.240. The van der Waals surface area contributed by atoms with Crippen LogP contribution in [0.3, 0.4) is 0 Å². The summed E-state index contributed by atoms with van der Waals surface area (Å²) in [4.78, 5) is 9.54. The highest BCUT2D eigenvalue weighted by Gasteiger charge is 2.18. The average Bonchev–Trinajstić information content (AvgIpc) is 3.47. The molecular formula is C25H25N7O. The third kappa shape index (κ3) is 4.07. The number of fused-ring (bicyclic) bond motifs is 1. The van der Waals surface area contributed by atoms with Crippen molar-refractivity contribution in [2.24, 2.45) is 0 Å². The number of hydrogen-bond donors (Lipinski definition) is 1. The maximum Gasteiger partial charge on any atom is 0.298 e. The van der Waals surface area contributed by atoms with Crippen LogP contribution in [0.1, 0.15) is 30.2 Å². The summed E-state index contributed by atoms with van der Waals surface area (Å²) >= 11 is 0. The zero-order chi connectivity index (χ0) is 22.8. The van der Waals surface area contributed by atoms with Crippen molar-refractivity contribution >= 4 is 11.2 Å². The van der Waals surface area contributed by atoms with Crippen molar-refractivity contribution in [1.82, 2.24) is 35.2 Å². The Morgan fingerprint density at radius 1 is 0.970 bits per heavy atom. The fourth-order valence-electron chi connectivity index (χ4n) is 4.03. The van der Waals surface area contributed by atoms with Crippen molar-refractivity contribution in [2.75, 3.05) is 6.61 Å². The van der Waals surface area contributed by atoms with Gasteiger partial charge >= 0.3 is 0 Å². The van der Waals surface area contributed by atoms with Gasteiger partial charge in [0.05, 0.1) is 13.2 Å². The van der Waals surface area contributed by atoms with Gasteiger partial charge in [-0.25, -0.2) is 4.98 Å². The van der Waals surface area contributed by atoms with Crippen LogP contribution in [0.4, 0.5) is 0 Å². The predicted octanol–water partition coefficient (Wildman–Crippen LogP) is 4.73. The largest absolute Gasteiger partial charge is 0.465 e. The van der Waals surface area contributed by atoms with Crippen molar-refractivity contribution in [3.8, 4) is 28.5 Å². The Bertz CT molecular complexity index is 1390. The minimum Gasteiger partial charge on any atom is -0.465 e. The van der Waals surface area contributed by atoms with Crippen molar-refractivity contribution in [1.29, 1.82) is 0 Å². The summed E-state index contributed by atoms with van der Waals surface area (Å²) in [7, 11) is 0. The molecule has 3 heterocycles. The highest BCUT2D eigenvalue weighted by Crippen LogP contribution is 2.32. The minimum atomic E-state index is 0.554. The minimum absolute atomic E-state index is 0.554. The number of ether oxygens (including phenoxy) is 1. The fourth-order valence-corrected chi connectivity index (χ4v) is 4.03. The van der Waals surface area contributed by atoms with Crippen LogP contribution in [-0.4, -0.2) is 41.8 Å². The molecule has 33 heavy (non-hydrogen) atoms. The molecule has 2 aromatic carbocycles. The predicted molar refractivity (Wildman–Crippen MR) is 127 cm³/mol. The average molecular weight is 440 g/mol. The van der Waals surface area contributed by atoms with Gasteiger partial charge in [0.25, 0.3) is 6.01 Å². The molecule has 8 heteroatoms. The lowest BCUT2D eigenvalue weighted by Crippen LogP contribution is -2.07. The van der Waals surface area contributed by atoms with Crippen molar-refractivity contribution in [3.63, 3.8) is 0 Å². The Labute approximate surface area is 191 Å². The molecule has 8 nitrogen and oxygen atoms in total. The molecule has 0 saturated heterocycles. The first-order chi connectivity index (χ1) is 16.1. The van der Waals surface area contributed by atoms with Crippen molar-refractivity contribution < 1.29 is 4.74 Å². The van der Waals surface area contributed by atoms with Crippen LogP contribution in [0.25, 0.3) is 33.7 Å². The number of aromatic nitrogens is 7. The van der Waals surface area contributed by atoms with E-state index in [4.69, 9.17) is 14.7 Å². The van der Waals surface area contributed by atoms with Gasteiger partial charge in [0, 0.05) is 11.3 Å². The lowest BCUT2D eigenvalue weighted by atomic mass is 9.97. The van der Waals surface area contributed by atoms with E-state index in [1.165, 1.54) is 0 Å². The molecule has 0 fully saturated rings. The smallest absolute Gasteiger partial charge is 0.298 e. The van der Waals surface area contributed by atoms with E-state index in [2.05, 4.69) is 64.8 Å². The summed E-state index contributed by atoms with van der Waals surface area (Å²) in [5, 5.41) is 14.8. The molecule has 166 valence electrons. The van der Waals surface area contributed by atoms with Gasteiger partial charge in [0.1, 0.15) is 5.52 Å². The second-order valence-electron chi connectivity index (χ2n) is 8.06. The number of tetrazole rings is 1. The van der Waals surface area contributed by atoms with E-state index in [0.717, 1.165) is 51.1 Å². The van der Waals surface area contributed by atoms with Crippen LogP contribution in [-0.2, 0) is 6.54 Å². The molecule has 0 unspecified atom stereocenters. The van der Waals surface area contributed by atoms with E-state index in [0.29, 0.717) is 25.0 Å². The molecule has 0 aliphatic rings. The number of nitrogens with one attached hydrogen (secondary N) is 1. The molecule has 5 rings (SSSR count). The molecule has 1 N–H and O–H groups in total. The van der Waals surface area contributed by atoms with Gasteiger partial charge < -0.3 is 4.74 Å². The molecule has 0 saturated carbocycles. The highest BCUT2D eigenvalue weighted by molar-refractivity contribution is 5.81. The number of aromatic amines is 1. The Morgan fingerprint density at radius 2 is 1.82 bits per heavy atom. The summed E-state index contributed by atoms with van der Waals surface area (Å²) in [6.07, 6.45) is 0.905. The van der Waals surface area contributed by atoms with Crippen molar-refractivity contribution in [2.45, 2.75) is 33.7 Å². The summed E-state index contributed by atoms with van der Waals surface area (Å²) in [6, 6.07) is 19.2. The Kier molecular flexibility index (Phi) is 5.56. The number of aryl methyl sites for hydroxylation is 2. The maximum absolute atomic E-state index is 6.01. The molecule has 5 aromatic rings. The summed E-state index contributed by atoms with van der Waals surface area (Å²) in [5.41, 5.74) is 7.85. The molecule has 0 atom stereocenters. The van der Waals surface area contributed by atoms with Gasteiger partial charge in [0.15, 0.2) is 5.65 Å². The molecule has 3 aromatic heterocycles. The topological polar surface area (TPSA) is 94.4 Å². The Hall–Kier alpha value is -4.07. The molecule has 0 radical (unpaired) electrons. The Balaban J connectivity index is 1.62. The molecule has 0 spiro atoms. The third-order valence-electron chi connectivity index (χ3n) is 5.52. The van der Waals surface area contributed by atoms with Crippen LogP contribution in [0, 0.1) is 13.8 Å². The summed E-state index contributed by atoms with van der Waals surface area (Å²) in [6.45, 7) is 7.30. The number of benzene rings is 2. The number of imidazole rings is 1. The quantitative estimate of drug-likeness (QED) is 0.394. The number of rotatable bonds is 7. The maximum atomic E-state index is 6.01. The van der Waals surface area contributed by atoms with E-state index >= 15 is 0 Å². The van der Waals surface area contributed by atoms with Crippen LogP contribution in [0.5, 0.6) is 6.01 Å². The molecule has 0 amide bonds. The standard InChI is InChI=1S/C25H25N7O/c1-4-12-33-25-27-22-16(2)13-17(3)26-24(22)32(25)15-18-10-11-20(19-8-6-5-7-9-19)21(14-18)23-28-30-31-29-23/h5-11,13-14H,4,12,15H2,1-3H3,(H,28,29,30,31). The van der Waals surface area contributed by atoms with E-state index < -0.39 is 0 Å². The monoisotopic (exact) mass is 439 g/mol. The van der Waals surface area contributed by atoms with Gasteiger partial charge in [-0.15, -0.1) is 10.2 Å². The van der Waals surface area contributed by atoms with Crippen LogP contribution in [0.15, 0.2) is 54.6 Å². The first-order valence-corrected chi connectivity index (χ1v) is 11.0. The van der Waals surface area contributed by atoms with Gasteiger partial charge in [-0.3, -0.25) is 4.57 Å². The Morgan fingerprint density at radius 3 is 2.58 bits per heavy atom. The first-order valence-electron chi connectivity index (χ1n) is 11.0. The van der Waals surface area contributed by atoms with Gasteiger partial charge in [-0.05, 0) is 59.9 Å². The van der Waals surface area contributed by atoms with Gasteiger partial charge in [-0.1, -0.05) is 49.4 Å². The molecule has 0 aliphatic carbocycles. The lowest BCUT2D eigenvalue weighted by Gasteiger charge is -2.13. The number of hydrogen-bond acceptors (Lipinski definition) is 6. The van der Waals surface area contributed by atoms with Crippen molar-refractivity contribution in [3.05, 3.63) is 71.4 Å². The third-order valence-corrected chi connectivity index (χ3v) is 5.52. The van der Waals surface area contributed by atoms with E-state index in [-0.39, 0.29) is 0 Å². The number of H-pyrrole nitrogens is 1. The molecule has 0 aliphatic heterocycles. The van der Waals surface area contributed by atoms with Crippen LogP contribution < -0.4 is 4.74 Å². The molecular weight excluding hydrogens is 414 g/mol. The second-order valence-corrected chi connectivity index (χ2v) is 8.06. The first kappa shape index (κ1) is 20.8. The van der Waals surface area contributed by atoms with E-state index in [9.17, 15) is 0 Å². The number of nitrogens with zero attached hydrogens (tertiary/aromatic N) is 6. The SMILES string of the molecule is CCCOc1nc2c(C)cc(C)nc2n1Cc1ccc(-c2ccccc2)c(-c2nn[nH]n2)c1. The van der Waals surface area contributed by atoms with Crippen LogP contribution >= 0.6 is 0 Å². The zero-order valence-electron chi connectivity index (χ0n) is 18.9. The summed E-state index contributed by atoms with van der Waals surface area (Å²) < 4.78 is 8.05. The lowest BCUT2D eigenvalue weighted by molar-refractivity contribution is 0.282. The van der Waals surface area contributed by atoms with Crippen LogP contribution in [0.2, 0.25) is 0 Å². The van der Waals surface area contributed by atoms with E-state index in [1.807, 2.05) is 35.8 Å². The van der Waals surface area contributed by atoms with E-state index in [1.54, 1.807) is 0 Å². The second kappa shape index (κ2) is 8.82.